The first-order valence-electron chi connectivity index (χ1n) is 12.6. The van der Waals surface area contributed by atoms with E-state index in [9.17, 15) is 9.90 Å². The second kappa shape index (κ2) is 8.47. The summed E-state index contributed by atoms with van der Waals surface area (Å²) in [5.41, 5.74) is 4.50. The van der Waals surface area contributed by atoms with E-state index < -0.39 is 5.60 Å². The van der Waals surface area contributed by atoms with Crippen molar-refractivity contribution < 1.29 is 14.6 Å². The molecule has 2 bridgehead atoms. The molecule has 2 unspecified atom stereocenters. The fourth-order valence-corrected chi connectivity index (χ4v) is 6.31. The molecular weight excluding hydrogens is 410 g/mol. The molecule has 0 saturated carbocycles. The van der Waals surface area contributed by atoms with Gasteiger partial charge in [-0.25, -0.2) is 4.79 Å². The second-order valence-corrected chi connectivity index (χ2v) is 11.6. The van der Waals surface area contributed by atoms with Gasteiger partial charge in [-0.05, 0) is 72.6 Å². The van der Waals surface area contributed by atoms with Crippen LogP contribution < -0.4 is 0 Å². The summed E-state index contributed by atoms with van der Waals surface area (Å²) in [6.07, 6.45) is 5.97. The summed E-state index contributed by atoms with van der Waals surface area (Å²) in [4.78, 5) is 15.3. The third-order valence-corrected chi connectivity index (χ3v) is 7.98. The fraction of sp³-hybridized carbons (Fsp3) is 0.552. The van der Waals surface area contributed by atoms with Crippen molar-refractivity contribution in [3.05, 3.63) is 59.7 Å². The molecule has 2 aromatic carbocycles. The zero-order valence-corrected chi connectivity index (χ0v) is 20.2. The van der Waals surface area contributed by atoms with E-state index in [1.165, 1.54) is 22.3 Å². The minimum absolute atomic E-state index is 0.0784. The molecule has 4 nitrogen and oxygen atoms in total. The highest BCUT2D eigenvalue weighted by Crippen LogP contribution is 2.46. The Morgan fingerprint density at radius 1 is 1.00 bits per heavy atom. The molecule has 33 heavy (non-hydrogen) atoms. The van der Waals surface area contributed by atoms with Crippen LogP contribution in [0, 0.1) is 5.41 Å². The van der Waals surface area contributed by atoms with Crippen LogP contribution >= 0.6 is 0 Å². The molecule has 0 spiro atoms. The number of rotatable bonds is 4. The number of benzene rings is 2. The topological polar surface area (TPSA) is 49.8 Å². The van der Waals surface area contributed by atoms with Gasteiger partial charge in [0.05, 0.1) is 5.60 Å². The van der Waals surface area contributed by atoms with Gasteiger partial charge in [0.25, 0.3) is 0 Å². The van der Waals surface area contributed by atoms with Gasteiger partial charge in [-0.1, -0.05) is 69.3 Å². The molecule has 0 radical (unpaired) electrons. The predicted octanol–water partition coefficient (Wildman–Crippen LogP) is 6.51. The van der Waals surface area contributed by atoms with Crippen molar-refractivity contribution in [1.29, 1.82) is 0 Å². The number of nitrogens with zero attached hydrogens (tertiary/aromatic N) is 1. The zero-order valence-electron chi connectivity index (χ0n) is 20.2. The first kappa shape index (κ1) is 22.5. The number of ether oxygens (including phenoxy) is 1. The van der Waals surface area contributed by atoms with Gasteiger partial charge >= 0.3 is 6.09 Å². The van der Waals surface area contributed by atoms with Crippen molar-refractivity contribution in [1.82, 2.24) is 4.90 Å². The van der Waals surface area contributed by atoms with E-state index >= 15 is 0 Å². The maximum Gasteiger partial charge on any atom is 0.410 e. The van der Waals surface area contributed by atoms with E-state index in [4.69, 9.17) is 4.74 Å². The first-order chi connectivity index (χ1) is 15.7. The maximum absolute atomic E-state index is 13.3. The third-order valence-electron chi connectivity index (χ3n) is 7.98. The van der Waals surface area contributed by atoms with Crippen LogP contribution in [0.15, 0.2) is 48.5 Å². The molecular formula is C29H37NO3. The Hall–Kier alpha value is -2.33. The summed E-state index contributed by atoms with van der Waals surface area (Å²) in [5, 5.41) is 11.4. The van der Waals surface area contributed by atoms with Crippen molar-refractivity contribution >= 4 is 6.09 Å². The summed E-state index contributed by atoms with van der Waals surface area (Å²) in [7, 11) is 0. The Morgan fingerprint density at radius 3 is 2.09 bits per heavy atom. The maximum atomic E-state index is 13.3. The zero-order chi connectivity index (χ0) is 23.2. The highest BCUT2D eigenvalue weighted by Gasteiger charge is 2.48. The lowest BCUT2D eigenvalue weighted by Crippen LogP contribution is -2.60. The minimum atomic E-state index is -0.664. The number of hydrogen-bond donors (Lipinski definition) is 1. The monoisotopic (exact) mass is 447 g/mol. The van der Waals surface area contributed by atoms with Gasteiger partial charge < -0.3 is 14.7 Å². The van der Waals surface area contributed by atoms with Crippen molar-refractivity contribution in [2.45, 2.75) is 89.3 Å². The highest BCUT2D eigenvalue weighted by molar-refractivity contribution is 5.79. The van der Waals surface area contributed by atoms with Crippen LogP contribution in [0.3, 0.4) is 0 Å². The average molecular weight is 448 g/mol. The number of aliphatic hydroxyl groups is 1. The molecule has 2 saturated heterocycles. The number of carbonyl (C=O) groups is 1. The van der Waals surface area contributed by atoms with Crippen LogP contribution in [-0.2, 0) is 4.74 Å². The van der Waals surface area contributed by atoms with E-state index in [0.717, 1.165) is 32.1 Å². The van der Waals surface area contributed by atoms with Crippen molar-refractivity contribution in [3.8, 4) is 11.1 Å². The van der Waals surface area contributed by atoms with Gasteiger partial charge in [0.2, 0.25) is 0 Å². The summed E-state index contributed by atoms with van der Waals surface area (Å²) >= 11 is 0. The smallest absolute Gasteiger partial charge is 0.410 e. The van der Waals surface area contributed by atoms with Crippen LogP contribution in [0.2, 0.25) is 0 Å². The van der Waals surface area contributed by atoms with E-state index in [0.29, 0.717) is 19.4 Å². The highest BCUT2D eigenvalue weighted by atomic mass is 16.6. The van der Waals surface area contributed by atoms with Gasteiger partial charge in [-0.15, -0.1) is 0 Å². The lowest BCUT2D eigenvalue weighted by Gasteiger charge is -2.51. The molecule has 2 fully saturated rings. The van der Waals surface area contributed by atoms with Gasteiger partial charge in [0.1, 0.15) is 6.61 Å². The molecule has 3 aliphatic rings. The van der Waals surface area contributed by atoms with E-state index in [2.05, 4.69) is 69.3 Å². The van der Waals surface area contributed by atoms with Gasteiger partial charge in [0.15, 0.2) is 0 Å². The number of amides is 1. The Bertz CT molecular complexity index is 964. The van der Waals surface area contributed by atoms with Gasteiger partial charge in [-0.2, -0.15) is 0 Å². The van der Waals surface area contributed by atoms with Crippen LogP contribution in [0.4, 0.5) is 4.79 Å². The molecule has 176 valence electrons. The first-order valence-corrected chi connectivity index (χ1v) is 12.6. The molecule has 1 aliphatic carbocycles. The molecule has 5 rings (SSSR count). The lowest BCUT2D eigenvalue weighted by atomic mass is 9.72. The molecule has 2 atom stereocenters. The lowest BCUT2D eigenvalue weighted by molar-refractivity contribution is -0.0922. The number of piperidine rings is 2. The Kier molecular flexibility index (Phi) is 5.76. The molecule has 1 N–H and O–H groups in total. The molecule has 4 heteroatoms. The molecule has 2 heterocycles. The molecule has 1 amide bonds. The number of carbonyl (C=O) groups excluding carboxylic acids is 1. The summed E-state index contributed by atoms with van der Waals surface area (Å²) in [5.74, 6) is 0.0784. The SMILES string of the molecule is CC(C)(C)CCC1(O)CC2CCCC(C1)N2C(=O)OCC1c2ccccc2-c2ccccc21. The van der Waals surface area contributed by atoms with E-state index in [1.54, 1.807) is 0 Å². The van der Waals surface area contributed by atoms with Crippen LogP contribution in [-0.4, -0.2) is 40.4 Å². The second-order valence-electron chi connectivity index (χ2n) is 11.6. The summed E-state index contributed by atoms with van der Waals surface area (Å²) in [6.45, 7) is 7.03. The molecule has 2 aromatic rings. The van der Waals surface area contributed by atoms with Crippen LogP contribution in [0.5, 0.6) is 0 Å². The Labute approximate surface area is 198 Å². The molecule has 2 aliphatic heterocycles. The Morgan fingerprint density at radius 2 is 1.55 bits per heavy atom. The van der Waals surface area contributed by atoms with Crippen molar-refractivity contribution in [2.75, 3.05) is 6.61 Å². The van der Waals surface area contributed by atoms with Crippen LogP contribution in [0.25, 0.3) is 11.1 Å². The summed E-state index contributed by atoms with van der Waals surface area (Å²) < 4.78 is 6.00. The van der Waals surface area contributed by atoms with E-state index in [1.807, 2.05) is 4.90 Å². The average Bonchev–Trinajstić information content (AvgIpc) is 3.09. The minimum Gasteiger partial charge on any atom is -0.448 e. The fourth-order valence-electron chi connectivity index (χ4n) is 6.31. The quantitative estimate of drug-likeness (QED) is 0.581. The van der Waals surface area contributed by atoms with E-state index in [-0.39, 0.29) is 29.5 Å². The van der Waals surface area contributed by atoms with Gasteiger partial charge in [-0.3, -0.25) is 0 Å². The van der Waals surface area contributed by atoms with Gasteiger partial charge in [0, 0.05) is 18.0 Å². The standard InChI is InChI=1S/C29H37NO3/c1-28(2,3)15-16-29(32)17-20-9-8-10-21(18-29)30(20)27(31)33-19-26-24-13-6-4-11-22(24)23-12-5-7-14-25(23)26/h4-7,11-14,20-21,26,32H,8-10,15-19H2,1-3H3. The predicted molar refractivity (Wildman–Crippen MR) is 131 cm³/mol. The Balaban J connectivity index is 1.28. The number of fused-ring (bicyclic) bond motifs is 5. The normalized spacial score (nSPS) is 26.6. The van der Waals surface area contributed by atoms with Crippen LogP contribution in [0.1, 0.15) is 82.8 Å². The third kappa shape index (κ3) is 4.42. The van der Waals surface area contributed by atoms with Crippen molar-refractivity contribution in [3.63, 3.8) is 0 Å². The largest absolute Gasteiger partial charge is 0.448 e. The summed E-state index contributed by atoms with van der Waals surface area (Å²) in [6, 6.07) is 17.0. The van der Waals surface area contributed by atoms with Crippen molar-refractivity contribution in [2.24, 2.45) is 5.41 Å². The number of hydrogen-bond acceptors (Lipinski definition) is 3. The molecule has 0 aromatic heterocycles.